The van der Waals surface area contributed by atoms with Crippen molar-refractivity contribution in [2.75, 3.05) is 19.0 Å². The summed E-state index contributed by atoms with van der Waals surface area (Å²) in [6.07, 6.45) is 1.74. The number of aryl methyl sites for hydroxylation is 1. The molecule has 0 aromatic heterocycles. The van der Waals surface area contributed by atoms with Gasteiger partial charge in [0.25, 0.3) is 0 Å². The zero-order valence-electron chi connectivity index (χ0n) is 13.7. The van der Waals surface area contributed by atoms with Gasteiger partial charge in [-0.2, -0.15) is 0 Å². The smallest absolute Gasteiger partial charge is 0.363 e. The molecule has 0 aliphatic carbocycles. The summed E-state index contributed by atoms with van der Waals surface area (Å²) in [4.78, 5) is 18.4. The summed E-state index contributed by atoms with van der Waals surface area (Å²) in [5.41, 5.74) is 4.16. The van der Waals surface area contributed by atoms with Gasteiger partial charge in [0, 0.05) is 29.8 Å². The molecule has 0 amide bonds. The molecule has 24 heavy (non-hydrogen) atoms. The van der Waals surface area contributed by atoms with E-state index in [2.05, 4.69) is 20.9 Å². The van der Waals surface area contributed by atoms with Gasteiger partial charge in [0.05, 0.1) is 0 Å². The molecular formula is C19H17BrN2O2. The molecule has 1 aliphatic rings. The Morgan fingerprint density at radius 2 is 1.83 bits per heavy atom. The third-order valence-corrected chi connectivity index (χ3v) is 4.63. The van der Waals surface area contributed by atoms with Crippen LogP contribution in [-0.2, 0) is 9.53 Å². The molecule has 0 radical (unpaired) electrons. The van der Waals surface area contributed by atoms with Crippen LogP contribution in [0.25, 0.3) is 6.08 Å². The van der Waals surface area contributed by atoms with Crippen LogP contribution in [0.15, 0.2) is 57.6 Å². The molecule has 3 rings (SSSR count). The molecule has 1 heterocycles. The van der Waals surface area contributed by atoms with Crippen LogP contribution in [-0.4, -0.2) is 26.0 Å². The summed E-state index contributed by atoms with van der Waals surface area (Å²) >= 11 is 3.46. The average Bonchev–Trinajstić information content (AvgIpc) is 2.91. The van der Waals surface area contributed by atoms with Gasteiger partial charge < -0.3 is 9.64 Å². The summed E-state index contributed by atoms with van der Waals surface area (Å²) in [6.45, 7) is 1.98. The van der Waals surface area contributed by atoms with E-state index >= 15 is 0 Å². The fraction of sp³-hybridized carbons (Fsp3) is 0.158. The first-order valence-electron chi connectivity index (χ1n) is 7.50. The summed E-state index contributed by atoms with van der Waals surface area (Å²) in [6, 6.07) is 13.6. The van der Waals surface area contributed by atoms with E-state index in [1.165, 1.54) is 0 Å². The molecule has 1 aliphatic heterocycles. The van der Waals surface area contributed by atoms with Crippen molar-refractivity contribution in [3.8, 4) is 0 Å². The summed E-state index contributed by atoms with van der Waals surface area (Å²) in [5, 5.41) is 0. The lowest BCUT2D eigenvalue weighted by molar-refractivity contribution is -0.129. The minimum atomic E-state index is -0.428. The molecule has 0 unspecified atom stereocenters. The Bertz CT molecular complexity index is 852. The number of cyclic esters (lactones) is 1. The number of benzene rings is 2. The second-order valence-electron chi connectivity index (χ2n) is 5.79. The Morgan fingerprint density at radius 3 is 2.46 bits per heavy atom. The average molecular weight is 385 g/mol. The van der Waals surface area contributed by atoms with Gasteiger partial charge in [-0.25, -0.2) is 9.79 Å². The SMILES string of the molecule is Cc1cc(C2=N/C(=C\c3ccc(N(C)C)cc3)C(=O)O2)ccc1Br. The Labute approximate surface area is 149 Å². The molecule has 2 aromatic carbocycles. The highest BCUT2D eigenvalue weighted by Gasteiger charge is 2.24. The molecule has 0 N–H and O–H groups in total. The number of halogens is 1. The maximum Gasteiger partial charge on any atom is 0.363 e. The van der Waals surface area contributed by atoms with E-state index in [4.69, 9.17) is 4.74 Å². The molecule has 122 valence electrons. The Morgan fingerprint density at radius 1 is 1.12 bits per heavy atom. The maximum atomic E-state index is 12.1. The maximum absolute atomic E-state index is 12.1. The number of nitrogens with zero attached hydrogens (tertiary/aromatic N) is 2. The molecule has 0 fully saturated rings. The lowest BCUT2D eigenvalue weighted by Crippen LogP contribution is -2.08. The summed E-state index contributed by atoms with van der Waals surface area (Å²) in [5.74, 6) is -0.0889. The monoisotopic (exact) mass is 384 g/mol. The van der Waals surface area contributed by atoms with Crippen molar-refractivity contribution in [1.82, 2.24) is 0 Å². The number of esters is 1. The zero-order chi connectivity index (χ0) is 17.3. The van der Waals surface area contributed by atoms with Crippen LogP contribution in [0.1, 0.15) is 16.7 Å². The molecule has 0 atom stereocenters. The molecule has 5 heteroatoms. The Hall–Kier alpha value is -2.40. The van der Waals surface area contributed by atoms with Crippen LogP contribution in [0.3, 0.4) is 0 Å². The van der Waals surface area contributed by atoms with Crippen LogP contribution in [0, 0.1) is 6.92 Å². The van der Waals surface area contributed by atoms with Gasteiger partial charge in [-0.1, -0.05) is 28.1 Å². The van der Waals surface area contributed by atoms with E-state index in [0.717, 1.165) is 26.9 Å². The second-order valence-corrected chi connectivity index (χ2v) is 6.64. The first kappa shape index (κ1) is 16.5. The van der Waals surface area contributed by atoms with Crippen molar-refractivity contribution < 1.29 is 9.53 Å². The van der Waals surface area contributed by atoms with E-state index in [9.17, 15) is 4.79 Å². The number of carbonyl (C=O) groups excluding carboxylic acids is 1. The van der Waals surface area contributed by atoms with Crippen LogP contribution in [0.2, 0.25) is 0 Å². The van der Waals surface area contributed by atoms with Crippen LogP contribution in [0.5, 0.6) is 0 Å². The van der Waals surface area contributed by atoms with E-state index in [1.807, 2.05) is 68.4 Å². The standard InChI is InChI=1S/C19H17BrN2O2/c1-12-10-14(6-9-16(12)20)18-21-17(19(23)24-18)11-13-4-7-15(8-5-13)22(2)3/h4-11H,1-3H3/b17-11-. The van der Waals surface area contributed by atoms with Gasteiger partial charge in [0.1, 0.15) is 0 Å². The fourth-order valence-corrected chi connectivity index (χ4v) is 2.58. The number of hydrogen-bond acceptors (Lipinski definition) is 4. The van der Waals surface area contributed by atoms with E-state index < -0.39 is 5.97 Å². The van der Waals surface area contributed by atoms with Crippen molar-refractivity contribution in [2.24, 2.45) is 4.99 Å². The molecule has 0 bridgehead atoms. The highest BCUT2D eigenvalue weighted by molar-refractivity contribution is 9.10. The van der Waals surface area contributed by atoms with Gasteiger partial charge in [-0.3, -0.25) is 0 Å². The van der Waals surface area contributed by atoms with Crippen molar-refractivity contribution in [3.63, 3.8) is 0 Å². The van der Waals surface area contributed by atoms with Crippen molar-refractivity contribution in [1.29, 1.82) is 0 Å². The zero-order valence-corrected chi connectivity index (χ0v) is 15.3. The highest BCUT2D eigenvalue weighted by Crippen LogP contribution is 2.23. The third kappa shape index (κ3) is 3.41. The largest absolute Gasteiger partial charge is 0.402 e. The Balaban J connectivity index is 1.89. The number of rotatable bonds is 3. The van der Waals surface area contributed by atoms with E-state index in [1.54, 1.807) is 6.08 Å². The molecule has 0 saturated carbocycles. The highest BCUT2D eigenvalue weighted by atomic mass is 79.9. The number of ether oxygens (including phenoxy) is 1. The van der Waals surface area contributed by atoms with Gasteiger partial charge in [-0.05, 0) is 54.5 Å². The molecule has 4 nitrogen and oxygen atoms in total. The van der Waals surface area contributed by atoms with Gasteiger partial charge in [0.2, 0.25) is 5.90 Å². The predicted molar refractivity (Wildman–Crippen MR) is 100 cm³/mol. The Kier molecular flexibility index (Phi) is 4.53. The normalized spacial score (nSPS) is 15.4. The topological polar surface area (TPSA) is 41.9 Å². The molecule has 0 saturated heterocycles. The first-order chi connectivity index (χ1) is 11.4. The van der Waals surface area contributed by atoms with Gasteiger partial charge in [-0.15, -0.1) is 0 Å². The second kappa shape index (κ2) is 6.61. The lowest BCUT2D eigenvalue weighted by atomic mass is 10.1. The quantitative estimate of drug-likeness (QED) is 0.588. The first-order valence-corrected chi connectivity index (χ1v) is 8.30. The van der Waals surface area contributed by atoms with Crippen LogP contribution >= 0.6 is 15.9 Å². The molecular weight excluding hydrogens is 368 g/mol. The van der Waals surface area contributed by atoms with Gasteiger partial charge in [0.15, 0.2) is 5.70 Å². The number of aliphatic imine (C=N–C) groups is 1. The fourth-order valence-electron chi connectivity index (χ4n) is 2.34. The summed E-state index contributed by atoms with van der Waals surface area (Å²) < 4.78 is 6.32. The molecule has 2 aromatic rings. The third-order valence-electron chi connectivity index (χ3n) is 3.74. The number of carbonyl (C=O) groups is 1. The lowest BCUT2D eigenvalue weighted by Gasteiger charge is -2.11. The van der Waals surface area contributed by atoms with Crippen molar-refractivity contribution in [2.45, 2.75) is 6.92 Å². The minimum Gasteiger partial charge on any atom is -0.402 e. The minimum absolute atomic E-state index is 0.308. The van der Waals surface area contributed by atoms with E-state index in [-0.39, 0.29) is 0 Å². The van der Waals surface area contributed by atoms with Crippen molar-refractivity contribution >= 4 is 39.6 Å². The number of anilines is 1. The number of hydrogen-bond donors (Lipinski definition) is 0. The van der Waals surface area contributed by atoms with Gasteiger partial charge >= 0.3 is 5.97 Å². The van der Waals surface area contributed by atoms with Crippen LogP contribution in [0.4, 0.5) is 5.69 Å². The molecule has 0 spiro atoms. The summed E-state index contributed by atoms with van der Waals surface area (Å²) in [7, 11) is 3.97. The van der Waals surface area contributed by atoms with Crippen molar-refractivity contribution in [3.05, 3.63) is 69.3 Å². The van der Waals surface area contributed by atoms with Crippen LogP contribution < -0.4 is 4.90 Å². The van der Waals surface area contributed by atoms with E-state index in [0.29, 0.717) is 11.6 Å². The predicted octanol–water partition coefficient (Wildman–Crippen LogP) is 4.17.